The zero-order valence-corrected chi connectivity index (χ0v) is 9.26. The van der Waals surface area contributed by atoms with Crippen molar-refractivity contribution in [1.82, 2.24) is 4.90 Å². The lowest BCUT2D eigenvalue weighted by atomic mass is 9.76. The van der Waals surface area contributed by atoms with Gasteiger partial charge in [-0.2, -0.15) is 5.26 Å². The average Bonchev–Trinajstić information content (AvgIpc) is 2.20. The highest BCUT2D eigenvalue weighted by Gasteiger charge is 2.41. The summed E-state index contributed by atoms with van der Waals surface area (Å²) in [5.74, 6) is -0.343. The second kappa shape index (κ2) is 4.27. The maximum Gasteiger partial charge on any atom is 0.117 e. The van der Waals surface area contributed by atoms with E-state index in [9.17, 15) is 4.39 Å². The van der Waals surface area contributed by atoms with Crippen LogP contribution >= 0.6 is 0 Å². The predicted octanol–water partition coefficient (Wildman–Crippen LogP) is 2.22. The first-order valence-corrected chi connectivity index (χ1v) is 5.26. The Morgan fingerprint density at radius 1 is 1.36 bits per heavy atom. The van der Waals surface area contributed by atoms with Crippen LogP contribution in [0, 0.1) is 23.2 Å². The van der Waals surface area contributed by atoms with E-state index in [2.05, 4.69) is 11.0 Å². The van der Waals surface area contributed by atoms with Gasteiger partial charge in [-0.1, -0.05) is 6.92 Å². The Morgan fingerprint density at radius 3 is 2.29 bits per heavy atom. The molecular formula is C11H19FN2. The highest BCUT2D eigenvalue weighted by molar-refractivity contribution is 4.97. The van der Waals surface area contributed by atoms with Crippen LogP contribution in [0.25, 0.3) is 0 Å². The summed E-state index contributed by atoms with van der Waals surface area (Å²) in [5.41, 5.74) is -1.12. The molecular weight excluding hydrogens is 179 g/mol. The molecule has 0 amide bonds. The third-order valence-corrected chi connectivity index (χ3v) is 3.59. The summed E-state index contributed by atoms with van der Waals surface area (Å²) in [6.07, 6.45) is 1.13. The Kier molecular flexibility index (Phi) is 3.49. The van der Waals surface area contributed by atoms with Crippen LogP contribution in [0.5, 0.6) is 0 Å². The molecule has 80 valence electrons. The summed E-state index contributed by atoms with van der Waals surface area (Å²) < 4.78 is 14.4. The van der Waals surface area contributed by atoms with Gasteiger partial charge >= 0.3 is 0 Å². The van der Waals surface area contributed by atoms with Crippen molar-refractivity contribution in [3.05, 3.63) is 0 Å². The zero-order chi connectivity index (χ0) is 10.8. The molecule has 0 aromatic carbocycles. The van der Waals surface area contributed by atoms with E-state index in [1.165, 1.54) is 0 Å². The molecule has 1 aliphatic rings. The molecule has 0 bridgehead atoms. The first-order valence-electron chi connectivity index (χ1n) is 5.26. The maximum atomic E-state index is 14.4. The van der Waals surface area contributed by atoms with Crippen molar-refractivity contribution in [2.24, 2.45) is 11.8 Å². The molecule has 2 nitrogen and oxygen atoms in total. The van der Waals surface area contributed by atoms with E-state index in [-0.39, 0.29) is 11.8 Å². The molecule has 1 heterocycles. The van der Waals surface area contributed by atoms with Crippen LogP contribution in [-0.2, 0) is 0 Å². The molecule has 2 atom stereocenters. The second-order valence-electron chi connectivity index (χ2n) is 4.54. The van der Waals surface area contributed by atoms with Crippen molar-refractivity contribution >= 4 is 0 Å². The fraction of sp³-hybridized carbons (Fsp3) is 0.909. The molecule has 1 rings (SSSR count). The van der Waals surface area contributed by atoms with Gasteiger partial charge < -0.3 is 4.90 Å². The summed E-state index contributed by atoms with van der Waals surface area (Å²) in [5, 5.41) is 8.78. The minimum absolute atomic E-state index is 0.152. The molecule has 0 aromatic heterocycles. The number of rotatable bonds is 2. The summed E-state index contributed by atoms with van der Waals surface area (Å²) in [6.45, 7) is 5.28. The molecule has 0 aromatic rings. The molecule has 0 aliphatic carbocycles. The Balaban J connectivity index is 2.62. The van der Waals surface area contributed by atoms with E-state index >= 15 is 0 Å². The minimum atomic E-state index is -1.12. The number of hydrogen-bond acceptors (Lipinski definition) is 2. The van der Waals surface area contributed by atoms with Gasteiger partial charge in [0.15, 0.2) is 0 Å². The number of likely N-dealkylation sites (tertiary alicyclic amines) is 1. The van der Waals surface area contributed by atoms with Crippen molar-refractivity contribution in [3.63, 3.8) is 0 Å². The van der Waals surface area contributed by atoms with Crippen molar-refractivity contribution in [2.75, 3.05) is 20.1 Å². The van der Waals surface area contributed by atoms with Gasteiger partial charge in [0.2, 0.25) is 0 Å². The number of nitrogens with zero attached hydrogens (tertiary/aromatic N) is 2. The Labute approximate surface area is 85.7 Å². The van der Waals surface area contributed by atoms with Crippen LogP contribution in [0.3, 0.4) is 0 Å². The molecule has 0 N–H and O–H groups in total. The molecule has 0 spiro atoms. The van der Waals surface area contributed by atoms with Gasteiger partial charge in [-0.15, -0.1) is 0 Å². The van der Waals surface area contributed by atoms with Gasteiger partial charge in [0.25, 0.3) is 0 Å². The van der Waals surface area contributed by atoms with Crippen LogP contribution in [-0.4, -0.2) is 30.7 Å². The predicted molar refractivity (Wildman–Crippen MR) is 54.5 cm³/mol. The Morgan fingerprint density at radius 2 is 1.86 bits per heavy atom. The van der Waals surface area contributed by atoms with Crippen LogP contribution in [0.15, 0.2) is 0 Å². The van der Waals surface area contributed by atoms with Gasteiger partial charge in [-0.25, -0.2) is 4.39 Å². The number of hydrogen-bond donors (Lipinski definition) is 0. The lowest BCUT2D eigenvalue weighted by molar-refractivity contribution is 0.00856. The molecule has 3 heteroatoms. The Hall–Kier alpha value is -0.620. The highest BCUT2D eigenvalue weighted by atomic mass is 19.1. The number of nitriles is 1. The largest absolute Gasteiger partial charge is 0.306 e. The summed E-state index contributed by atoms with van der Waals surface area (Å²) in [6, 6.07) is 2.14. The van der Waals surface area contributed by atoms with E-state index in [0.717, 1.165) is 13.1 Å². The van der Waals surface area contributed by atoms with E-state index in [4.69, 9.17) is 5.26 Å². The first kappa shape index (κ1) is 11.5. The third kappa shape index (κ3) is 2.24. The van der Waals surface area contributed by atoms with Crippen LogP contribution in [0.4, 0.5) is 4.39 Å². The van der Waals surface area contributed by atoms with Crippen molar-refractivity contribution in [3.8, 4) is 6.07 Å². The lowest BCUT2D eigenvalue weighted by Crippen LogP contribution is -2.45. The molecule has 0 radical (unpaired) electrons. The molecule has 14 heavy (non-hydrogen) atoms. The standard InChI is InChI=1S/C11H19FN2/c1-9(8-13)10(2)11(12)4-6-14(3)7-5-11/h9-10H,4-7H2,1-3H3. The molecule has 1 fully saturated rings. The molecule has 1 saturated heterocycles. The minimum Gasteiger partial charge on any atom is -0.306 e. The van der Waals surface area contributed by atoms with Gasteiger partial charge in [0.1, 0.15) is 5.67 Å². The fourth-order valence-electron chi connectivity index (χ4n) is 2.01. The second-order valence-corrected chi connectivity index (χ2v) is 4.54. The molecule has 0 saturated carbocycles. The number of alkyl halides is 1. The van der Waals surface area contributed by atoms with Gasteiger partial charge in [0, 0.05) is 24.9 Å². The quantitative estimate of drug-likeness (QED) is 0.680. The molecule has 1 aliphatic heterocycles. The van der Waals surface area contributed by atoms with Crippen molar-refractivity contribution in [1.29, 1.82) is 5.26 Å². The first-order chi connectivity index (χ1) is 6.49. The van der Waals surface area contributed by atoms with Crippen molar-refractivity contribution in [2.45, 2.75) is 32.4 Å². The van der Waals surface area contributed by atoms with Crippen LogP contribution < -0.4 is 0 Å². The summed E-state index contributed by atoms with van der Waals surface area (Å²) in [4.78, 5) is 2.14. The van der Waals surface area contributed by atoms with E-state index in [0.29, 0.717) is 12.8 Å². The van der Waals surface area contributed by atoms with E-state index in [1.54, 1.807) is 0 Å². The number of piperidine rings is 1. The average molecular weight is 198 g/mol. The van der Waals surface area contributed by atoms with E-state index < -0.39 is 5.67 Å². The van der Waals surface area contributed by atoms with Crippen LogP contribution in [0.1, 0.15) is 26.7 Å². The zero-order valence-electron chi connectivity index (χ0n) is 9.26. The van der Waals surface area contributed by atoms with Gasteiger partial charge in [-0.05, 0) is 26.8 Å². The van der Waals surface area contributed by atoms with Gasteiger partial charge in [-0.3, -0.25) is 0 Å². The normalized spacial score (nSPS) is 26.5. The smallest absolute Gasteiger partial charge is 0.117 e. The monoisotopic (exact) mass is 198 g/mol. The van der Waals surface area contributed by atoms with Crippen molar-refractivity contribution < 1.29 is 4.39 Å². The topological polar surface area (TPSA) is 27.0 Å². The Bertz CT molecular complexity index is 226. The summed E-state index contributed by atoms with van der Waals surface area (Å²) >= 11 is 0. The van der Waals surface area contributed by atoms with Gasteiger partial charge in [0.05, 0.1) is 6.07 Å². The lowest BCUT2D eigenvalue weighted by Gasteiger charge is -2.39. The van der Waals surface area contributed by atoms with Crippen LogP contribution in [0.2, 0.25) is 0 Å². The summed E-state index contributed by atoms with van der Waals surface area (Å²) in [7, 11) is 2.01. The fourth-order valence-corrected chi connectivity index (χ4v) is 2.01. The van der Waals surface area contributed by atoms with E-state index in [1.807, 2.05) is 20.9 Å². The SMILES string of the molecule is CC(C#N)C(C)C1(F)CCN(C)CC1. The third-order valence-electron chi connectivity index (χ3n) is 3.59. The highest BCUT2D eigenvalue weighted by Crippen LogP contribution is 2.37. The maximum absolute atomic E-state index is 14.4. The molecule has 2 unspecified atom stereocenters. The number of halogens is 1.